The van der Waals surface area contributed by atoms with Crippen molar-refractivity contribution in [2.24, 2.45) is 0 Å². The van der Waals surface area contributed by atoms with Crippen molar-refractivity contribution in [3.63, 3.8) is 0 Å². The number of halogens is 1. The summed E-state index contributed by atoms with van der Waals surface area (Å²) in [5.41, 5.74) is 1.98. The molecule has 7 heteroatoms. The van der Waals surface area contributed by atoms with Crippen LogP contribution < -0.4 is 5.32 Å². The molecule has 0 bridgehead atoms. The number of carbonyl (C=O) groups is 1. The van der Waals surface area contributed by atoms with Crippen LogP contribution in [0, 0.1) is 5.82 Å². The number of likely N-dealkylation sites (tertiary alicyclic amines) is 1. The number of benzene rings is 1. The van der Waals surface area contributed by atoms with Crippen LogP contribution in [0.5, 0.6) is 0 Å². The fourth-order valence-corrected chi connectivity index (χ4v) is 3.61. The summed E-state index contributed by atoms with van der Waals surface area (Å²) in [5.74, 6) is 0.0445. The number of rotatable bonds is 4. The Balaban J connectivity index is 1.66. The number of amides is 1. The molecule has 0 spiro atoms. The van der Waals surface area contributed by atoms with Gasteiger partial charge in [-0.15, -0.1) is 11.3 Å². The highest BCUT2D eigenvalue weighted by Crippen LogP contribution is 2.27. The average molecular weight is 356 g/mol. The predicted molar refractivity (Wildman–Crippen MR) is 96.4 cm³/mol. The Bertz CT molecular complexity index is 938. The molecule has 2 aromatic heterocycles. The Morgan fingerprint density at radius 1 is 1.32 bits per heavy atom. The highest BCUT2D eigenvalue weighted by molar-refractivity contribution is 7.17. The van der Waals surface area contributed by atoms with Crippen molar-refractivity contribution in [3.8, 4) is 0 Å². The van der Waals surface area contributed by atoms with Crippen molar-refractivity contribution in [1.82, 2.24) is 14.9 Å². The van der Waals surface area contributed by atoms with Crippen molar-refractivity contribution >= 4 is 33.4 Å². The molecule has 4 rings (SSSR count). The Hall–Kier alpha value is -2.54. The summed E-state index contributed by atoms with van der Waals surface area (Å²) >= 11 is 1.47. The van der Waals surface area contributed by atoms with Gasteiger partial charge in [-0.2, -0.15) is 0 Å². The SMILES string of the molecule is C[C@H](Nc1nc(C(=O)N2CCC2)c2sccc2n1)c1cccc(F)c1. The van der Waals surface area contributed by atoms with Crippen LogP contribution in [0.2, 0.25) is 0 Å². The van der Waals surface area contributed by atoms with E-state index < -0.39 is 0 Å². The van der Waals surface area contributed by atoms with E-state index in [9.17, 15) is 9.18 Å². The van der Waals surface area contributed by atoms with E-state index >= 15 is 0 Å². The second-order valence-corrected chi connectivity index (χ2v) is 7.01. The molecule has 1 aliphatic heterocycles. The monoisotopic (exact) mass is 356 g/mol. The summed E-state index contributed by atoms with van der Waals surface area (Å²) in [4.78, 5) is 23.4. The van der Waals surface area contributed by atoms with Crippen molar-refractivity contribution in [2.75, 3.05) is 18.4 Å². The number of hydrogen-bond acceptors (Lipinski definition) is 5. The van der Waals surface area contributed by atoms with E-state index in [-0.39, 0.29) is 17.8 Å². The number of nitrogens with zero attached hydrogens (tertiary/aromatic N) is 3. The Morgan fingerprint density at radius 3 is 2.88 bits per heavy atom. The Labute approximate surface area is 148 Å². The number of aromatic nitrogens is 2. The number of anilines is 1. The third kappa shape index (κ3) is 3.07. The zero-order valence-corrected chi connectivity index (χ0v) is 14.5. The molecule has 25 heavy (non-hydrogen) atoms. The molecule has 1 aromatic carbocycles. The van der Waals surface area contributed by atoms with Gasteiger partial charge in [0.1, 0.15) is 5.82 Å². The van der Waals surface area contributed by atoms with Crippen molar-refractivity contribution in [1.29, 1.82) is 0 Å². The lowest BCUT2D eigenvalue weighted by atomic mass is 10.1. The van der Waals surface area contributed by atoms with Crippen molar-refractivity contribution in [3.05, 3.63) is 52.8 Å². The molecule has 3 aromatic rings. The molecule has 3 heterocycles. The first-order valence-corrected chi connectivity index (χ1v) is 9.06. The van der Waals surface area contributed by atoms with E-state index in [2.05, 4.69) is 15.3 Å². The van der Waals surface area contributed by atoms with Gasteiger partial charge in [0, 0.05) is 13.1 Å². The molecule has 128 valence electrons. The van der Waals surface area contributed by atoms with E-state index in [1.165, 1.54) is 23.5 Å². The normalized spacial score (nSPS) is 15.0. The van der Waals surface area contributed by atoms with Crippen LogP contribution >= 0.6 is 11.3 Å². The number of thiophene rings is 1. The standard InChI is InChI=1S/C18H17FN4OS/c1-11(12-4-2-5-13(19)10-12)20-18-21-14-6-9-25-16(14)15(22-18)17(24)23-7-3-8-23/h2,4-6,9-11H,3,7-8H2,1H3,(H,20,21,22)/t11-/m0/s1. The Morgan fingerprint density at radius 2 is 2.16 bits per heavy atom. The van der Waals surface area contributed by atoms with E-state index in [1.807, 2.05) is 24.4 Å². The van der Waals surface area contributed by atoms with Gasteiger partial charge in [-0.3, -0.25) is 4.79 Å². The van der Waals surface area contributed by atoms with E-state index in [0.29, 0.717) is 11.6 Å². The zero-order valence-electron chi connectivity index (χ0n) is 13.7. The topological polar surface area (TPSA) is 58.1 Å². The molecule has 1 saturated heterocycles. The number of carbonyl (C=O) groups excluding carboxylic acids is 1. The van der Waals surface area contributed by atoms with Gasteiger partial charge < -0.3 is 10.2 Å². The smallest absolute Gasteiger partial charge is 0.274 e. The molecule has 0 unspecified atom stereocenters. The van der Waals surface area contributed by atoms with E-state index in [4.69, 9.17) is 0 Å². The molecule has 0 aliphatic carbocycles. The first-order chi connectivity index (χ1) is 12.1. The zero-order chi connectivity index (χ0) is 17.4. The summed E-state index contributed by atoms with van der Waals surface area (Å²) in [5, 5.41) is 5.09. The first kappa shape index (κ1) is 16.0. The molecular weight excluding hydrogens is 339 g/mol. The van der Waals surface area contributed by atoms with Crippen LogP contribution in [0.25, 0.3) is 10.2 Å². The summed E-state index contributed by atoms with van der Waals surface area (Å²) in [6.07, 6.45) is 1.03. The molecule has 0 radical (unpaired) electrons. The van der Waals surface area contributed by atoms with Crippen molar-refractivity contribution < 1.29 is 9.18 Å². The molecule has 1 N–H and O–H groups in total. The van der Waals surface area contributed by atoms with Gasteiger partial charge in [-0.1, -0.05) is 12.1 Å². The first-order valence-electron chi connectivity index (χ1n) is 8.18. The number of nitrogens with one attached hydrogen (secondary N) is 1. The quantitative estimate of drug-likeness (QED) is 0.771. The Kier molecular flexibility index (Phi) is 4.09. The minimum atomic E-state index is -0.283. The minimum absolute atomic E-state index is 0.0532. The molecule has 5 nitrogen and oxygen atoms in total. The van der Waals surface area contributed by atoms with Gasteiger partial charge >= 0.3 is 0 Å². The maximum absolute atomic E-state index is 13.4. The molecular formula is C18H17FN4OS. The van der Waals surface area contributed by atoms with Gasteiger partial charge in [0.05, 0.1) is 16.3 Å². The largest absolute Gasteiger partial charge is 0.348 e. The highest BCUT2D eigenvalue weighted by atomic mass is 32.1. The minimum Gasteiger partial charge on any atom is -0.348 e. The lowest BCUT2D eigenvalue weighted by molar-refractivity contribution is 0.0648. The summed E-state index contributed by atoms with van der Waals surface area (Å²) < 4.78 is 14.2. The van der Waals surface area contributed by atoms with E-state index in [1.54, 1.807) is 11.0 Å². The average Bonchev–Trinajstić information content (AvgIpc) is 3.00. The molecule has 1 fully saturated rings. The lowest BCUT2D eigenvalue weighted by Gasteiger charge is -2.30. The maximum atomic E-state index is 13.4. The third-order valence-corrected chi connectivity index (χ3v) is 5.25. The van der Waals surface area contributed by atoms with Crippen LogP contribution in [0.1, 0.15) is 35.4 Å². The summed E-state index contributed by atoms with van der Waals surface area (Å²) in [6, 6.07) is 8.10. The highest BCUT2D eigenvalue weighted by Gasteiger charge is 2.26. The van der Waals surface area contributed by atoms with Crippen LogP contribution in [-0.4, -0.2) is 33.9 Å². The number of hydrogen-bond donors (Lipinski definition) is 1. The second-order valence-electron chi connectivity index (χ2n) is 6.10. The third-order valence-electron chi connectivity index (χ3n) is 4.34. The molecule has 1 atom stereocenters. The molecule has 1 aliphatic rings. The summed E-state index contributed by atoms with van der Waals surface area (Å²) in [7, 11) is 0. The molecule has 0 saturated carbocycles. The predicted octanol–water partition coefficient (Wildman–Crippen LogP) is 3.85. The van der Waals surface area contributed by atoms with Gasteiger partial charge in [-0.25, -0.2) is 14.4 Å². The van der Waals surface area contributed by atoms with Gasteiger partial charge in [-0.05, 0) is 42.5 Å². The fourth-order valence-electron chi connectivity index (χ4n) is 2.79. The van der Waals surface area contributed by atoms with Crippen LogP contribution in [0.4, 0.5) is 10.3 Å². The summed E-state index contributed by atoms with van der Waals surface area (Å²) in [6.45, 7) is 3.46. The lowest BCUT2D eigenvalue weighted by Crippen LogP contribution is -2.42. The second kappa shape index (κ2) is 6.40. The number of fused-ring (bicyclic) bond motifs is 1. The molecule has 1 amide bonds. The van der Waals surface area contributed by atoms with Gasteiger partial charge in [0.25, 0.3) is 5.91 Å². The van der Waals surface area contributed by atoms with Crippen LogP contribution in [0.15, 0.2) is 35.7 Å². The fraction of sp³-hybridized carbons (Fsp3) is 0.278. The van der Waals surface area contributed by atoms with Crippen LogP contribution in [-0.2, 0) is 0 Å². The van der Waals surface area contributed by atoms with Crippen molar-refractivity contribution in [2.45, 2.75) is 19.4 Å². The van der Waals surface area contributed by atoms with E-state index in [0.717, 1.165) is 35.3 Å². The van der Waals surface area contributed by atoms with Crippen LogP contribution in [0.3, 0.4) is 0 Å². The maximum Gasteiger partial charge on any atom is 0.274 e. The van der Waals surface area contributed by atoms with Gasteiger partial charge in [0.2, 0.25) is 5.95 Å². The van der Waals surface area contributed by atoms with Gasteiger partial charge in [0.15, 0.2) is 5.69 Å².